The van der Waals surface area contributed by atoms with E-state index in [4.69, 9.17) is 16.3 Å². The molecule has 1 aromatic carbocycles. The topological polar surface area (TPSA) is 71.5 Å². The lowest BCUT2D eigenvalue weighted by atomic mass is 9.90. The van der Waals surface area contributed by atoms with E-state index in [2.05, 4.69) is 48.6 Å². The molecule has 0 bridgehead atoms. The zero-order valence-corrected chi connectivity index (χ0v) is 24.5. The summed E-state index contributed by atoms with van der Waals surface area (Å²) in [6.45, 7) is 13.1. The molecule has 6 nitrogen and oxygen atoms in total. The van der Waals surface area contributed by atoms with Crippen molar-refractivity contribution in [1.29, 1.82) is 0 Å². The minimum absolute atomic E-state index is 0.00239. The van der Waals surface area contributed by atoms with Gasteiger partial charge < -0.3 is 15.0 Å². The van der Waals surface area contributed by atoms with Gasteiger partial charge in [0.1, 0.15) is 5.60 Å². The molecule has 1 aliphatic heterocycles. The molecule has 0 unspecified atom stereocenters. The van der Waals surface area contributed by atoms with E-state index in [0.717, 1.165) is 27.3 Å². The van der Waals surface area contributed by atoms with Gasteiger partial charge in [-0.1, -0.05) is 38.4 Å². The van der Waals surface area contributed by atoms with Crippen LogP contribution in [0.5, 0.6) is 0 Å². The lowest BCUT2D eigenvalue weighted by Gasteiger charge is -2.33. The number of rotatable bonds is 4. The van der Waals surface area contributed by atoms with Crippen molar-refractivity contribution in [3.8, 4) is 21.6 Å². The van der Waals surface area contributed by atoms with Crippen molar-refractivity contribution in [2.24, 2.45) is 0 Å². The molecule has 1 fully saturated rings. The number of pyridine rings is 1. The Bertz CT molecular complexity index is 1310. The first kappa shape index (κ1) is 28.1. The highest BCUT2D eigenvalue weighted by molar-refractivity contribution is 7.14. The Morgan fingerprint density at radius 1 is 1.03 bits per heavy atom. The smallest absolute Gasteiger partial charge is 0.410 e. The summed E-state index contributed by atoms with van der Waals surface area (Å²) >= 11 is 8.32. The predicted octanol–water partition coefficient (Wildman–Crippen LogP) is 7.56. The zero-order valence-electron chi connectivity index (χ0n) is 22.9. The number of carbonyl (C=O) groups is 2. The highest BCUT2D eigenvalue weighted by Gasteiger charge is 2.28. The van der Waals surface area contributed by atoms with Crippen LogP contribution in [0.3, 0.4) is 0 Å². The fraction of sp³-hybridized carbons (Fsp3) is 0.433. The van der Waals surface area contributed by atoms with Crippen molar-refractivity contribution in [2.75, 3.05) is 13.1 Å². The number of carbonyl (C=O) groups excluding carboxylic acids is 2. The number of likely N-dealkylation sites (tertiary alicyclic amines) is 1. The standard InChI is InChI=1S/C30H36ClN3O3S/c1-29(2,3)26-17-19(9-12-32-26)25-16-21(18-38-25)23-8-7-20(15-24(23)31)27(35)33-22-10-13-34(14-11-22)28(36)37-30(4,5)6/h7-9,12,15-18,22H,10-11,13-14H2,1-6H3,(H,33,35). The van der Waals surface area contributed by atoms with Crippen LogP contribution < -0.4 is 5.32 Å². The fourth-order valence-corrected chi connectivity index (χ4v) is 5.51. The Morgan fingerprint density at radius 3 is 2.37 bits per heavy atom. The molecule has 4 rings (SSSR count). The molecule has 1 N–H and O–H groups in total. The van der Waals surface area contributed by atoms with Gasteiger partial charge in [0.25, 0.3) is 5.91 Å². The Labute approximate surface area is 234 Å². The van der Waals surface area contributed by atoms with Gasteiger partial charge in [0.05, 0.1) is 0 Å². The number of nitrogens with one attached hydrogen (secondary N) is 1. The molecule has 3 heterocycles. The highest BCUT2D eigenvalue weighted by Crippen LogP contribution is 2.37. The van der Waals surface area contributed by atoms with Gasteiger partial charge in [-0.15, -0.1) is 11.3 Å². The Kier molecular flexibility index (Phi) is 8.19. The second-order valence-electron chi connectivity index (χ2n) is 11.8. The van der Waals surface area contributed by atoms with Crippen molar-refractivity contribution in [3.05, 3.63) is 64.3 Å². The van der Waals surface area contributed by atoms with E-state index in [-0.39, 0.29) is 23.5 Å². The third kappa shape index (κ3) is 6.94. The summed E-state index contributed by atoms with van der Waals surface area (Å²) in [6, 6.07) is 11.7. The maximum atomic E-state index is 12.9. The van der Waals surface area contributed by atoms with Crippen LogP contribution in [0.1, 0.15) is 70.4 Å². The third-order valence-electron chi connectivity index (χ3n) is 6.44. The normalized spacial score (nSPS) is 14.9. The average molecular weight is 554 g/mol. The fourth-order valence-electron chi connectivity index (χ4n) is 4.31. The number of thiophene rings is 1. The lowest BCUT2D eigenvalue weighted by molar-refractivity contribution is 0.0199. The Balaban J connectivity index is 1.39. The van der Waals surface area contributed by atoms with E-state index < -0.39 is 5.60 Å². The van der Waals surface area contributed by atoms with E-state index in [1.165, 1.54) is 0 Å². The van der Waals surface area contributed by atoms with Crippen LogP contribution in [0.2, 0.25) is 5.02 Å². The molecular weight excluding hydrogens is 518 g/mol. The molecule has 1 aliphatic rings. The number of hydrogen-bond acceptors (Lipinski definition) is 5. The molecule has 1 saturated heterocycles. The quantitative estimate of drug-likeness (QED) is 0.362. The minimum atomic E-state index is -0.521. The molecule has 8 heteroatoms. The van der Waals surface area contributed by atoms with Gasteiger partial charge in [0, 0.05) is 57.5 Å². The van der Waals surface area contributed by atoms with Crippen molar-refractivity contribution < 1.29 is 14.3 Å². The molecule has 0 radical (unpaired) electrons. The summed E-state index contributed by atoms with van der Waals surface area (Å²) in [4.78, 5) is 32.6. The number of piperidine rings is 1. The van der Waals surface area contributed by atoms with Crippen LogP contribution in [0.25, 0.3) is 21.6 Å². The summed E-state index contributed by atoms with van der Waals surface area (Å²) in [6.07, 6.45) is 2.91. The first-order valence-electron chi connectivity index (χ1n) is 12.9. The van der Waals surface area contributed by atoms with Gasteiger partial charge in [-0.25, -0.2) is 4.79 Å². The number of benzene rings is 1. The Morgan fingerprint density at radius 2 is 1.74 bits per heavy atom. The van der Waals surface area contributed by atoms with Gasteiger partial charge in [0.15, 0.2) is 0 Å². The molecule has 0 atom stereocenters. The monoisotopic (exact) mass is 553 g/mol. The molecular formula is C30H36ClN3O3S. The van der Waals surface area contributed by atoms with Crippen molar-refractivity contribution >= 4 is 34.9 Å². The van der Waals surface area contributed by atoms with E-state index in [9.17, 15) is 9.59 Å². The second kappa shape index (κ2) is 11.1. The maximum absolute atomic E-state index is 12.9. The van der Waals surface area contributed by atoms with Crippen LogP contribution in [0.4, 0.5) is 4.79 Å². The van der Waals surface area contributed by atoms with Crippen molar-refractivity contribution in [2.45, 2.75) is 71.4 Å². The molecule has 3 aromatic rings. The van der Waals surface area contributed by atoms with Crippen LogP contribution in [-0.4, -0.2) is 46.6 Å². The van der Waals surface area contributed by atoms with Crippen LogP contribution in [0.15, 0.2) is 48.0 Å². The summed E-state index contributed by atoms with van der Waals surface area (Å²) in [5, 5.41) is 5.72. The second-order valence-corrected chi connectivity index (χ2v) is 13.1. The van der Waals surface area contributed by atoms with Gasteiger partial charge in [-0.05, 0) is 80.5 Å². The van der Waals surface area contributed by atoms with E-state index >= 15 is 0 Å². The van der Waals surface area contributed by atoms with Gasteiger partial charge in [-0.3, -0.25) is 9.78 Å². The number of ether oxygens (including phenoxy) is 1. The van der Waals surface area contributed by atoms with Crippen LogP contribution >= 0.6 is 22.9 Å². The van der Waals surface area contributed by atoms with Crippen molar-refractivity contribution in [3.63, 3.8) is 0 Å². The minimum Gasteiger partial charge on any atom is -0.444 e. The molecule has 2 aromatic heterocycles. The molecule has 2 amide bonds. The third-order valence-corrected chi connectivity index (χ3v) is 7.73. The number of nitrogens with zero attached hydrogens (tertiary/aromatic N) is 2. The SMILES string of the molecule is CC(C)(C)OC(=O)N1CCC(NC(=O)c2ccc(-c3csc(-c4ccnc(C(C)(C)C)c4)c3)c(Cl)c2)CC1. The summed E-state index contributed by atoms with van der Waals surface area (Å²) in [5.41, 5.74) is 4.07. The van der Waals surface area contributed by atoms with E-state index in [0.29, 0.717) is 36.5 Å². The summed E-state index contributed by atoms with van der Waals surface area (Å²) in [7, 11) is 0. The van der Waals surface area contributed by atoms with Crippen LogP contribution in [0, 0.1) is 0 Å². The summed E-state index contributed by atoms with van der Waals surface area (Å²) < 4.78 is 5.45. The number of aromatic nitrogens is 1. The largest absolute Gasteiger partial charge is 0.444 e. The molecule has 0 aliphatic carbocycles. The molecule has 0 spiro atoms. The van der Waals surface area contributed by atoms with Gasteiger partial charge in [0.2, 0.25) is 0 Å². The highest BCUT2D eigenvalue weighted by atomic mass is 35.5. The molecule has 38 heavy (non-hydrogen) atoms. The maximum Gasteiger partial charge on any atom is 0.410 e. The van der Waals surface area contributed by atoms with Crippen molar-refractivity contribution in [1.82, 2.24) is 15.2 Å². The predicted molar refractivity (Wildman–Crippen MR) is 155 cm³/mol. The van der Waals surface area contributed by atoms with Gasteiger partial charge in [-0.2, -0.15) is 0 Å². The molecule has 202 valence electrons. The summed E-state index contributed by atoms with van der Waals surface area (Å²) in [5.74, 6) is -0.160. The zero-order chi connectivity index (χ0) is 27.7. The number of halogens is 1. The van der Waals surface area contributed by atoms with E-state index in [1.54, 1.807) is 22.3 Å². The van der Waals surface area contributed by atoms with Crippen LogP contribution in [-0.2, 0) is 10.2 Å². The van der Waals surface area contributed by atoms with E-state index in [1.807, 2.05) is 45.2 Å². The first-order chi connectivity index (χ1) is 17.8. The average Bonchev–Trinajstić information content (AvgIpc) is 3.33. The first-order valence-corrected chi connectivity index (χ1v) is 14.2. The van der Waals surface area contributed by atoms with Gasteiger partial charge >= 0.3 is 6.09 Å². The number of amides is 2. The Hall–Kier alpha value is -2.90. The molecule has 0 saturated carbocycles. The number of hydrogen-bond donors (Lipinski definition) is 1. The lowest BCUT2D eigenvalue weighted by Crippen LogP contribution is -2.47.